The van der Waals surface area contributed by atoms with E-state index in [1.54, 1.807) is 4.90 Å². The number of carboxylic acid groups (broad SMARTS) is 1. The van der Waals surface area contributed by atoms with Crippen molar-refractivity contribution in [2.45, 2.75) is 31.5 Å². The van der Waals surface area contributed by atoms with E-state index >= 15 is 4.39 Å². The summed E-state index contributed by atoms with van der Waals surface area (Å²) in [6.07, 6.45) is -3.22. The van der Waals surface area contributed by atoms with Crippen molar-refractivity contribution < 1.29 is 41.7 Å². The Bertz CT molecular complexity index is 1690. The molecule has 2 aromatic carbocycles. The van der Waals surface area contributed by atoms with Crippen molar-refractivity contribution in [1.82, 2.24) is 19.7 Å². The highest BCUT2D eigenvalue weighted by Crippen LogP contribution is 2.37. The number of amides is 1. The molecule has 4 aromatic rings. The van der Waals surface area contributed by atoms with E-state index in [4.69, 9.17) is 21.1 Å². The lowest BCUT2D eigenvalue weighted by molar-refractivity contribution is -0.143. The van der Waals surface area contributed by atoms with Gasteiger partial charge in [0.2, 0.25) is 0 Å². The van der Waals surface area contributed by atoms with Gasteiger partial charge in [-0.3, -0.25) is 0 Å². The molecule has 0 saturated carbocycles. The number of piperidine rings is 1. The Hall–Kier alpha value is -4.65. The fourth-order valence-corrected chi connectivity index (χ4v) is 5.31. The summed E-state index contributed by atoms with van der Waals surface area (Å²) in [4.78, 5) is 29.0. The quantitative estimate of drug-likeness (QED) is 0.219. The molecule has 1 fully saturated rings. The van der Waals surface area contributed by atoms with E-state index in [1.165, 1.54) is 31.4 Å². The van der Waals surface area contributed by atoms with E-state index in [2.05, 4.69) is 10.1 Å². The third-order valence-corrected chi connectivity index (χ3v) is 7.48. The monoisotopic (exact) mass is 632 g/mol. The number of carbonyl (C=O) groups is 2. The Morgan fingerprint density at radius 1 is 1.09 bits per heavy atom. The number of likely N-dealkylation sites (tertiary alicyclic amines) is 1. The highest BCUT2D eigenvalue weighted by Gasteiger charge is 2.41. The largest absolute Gasteiger partial charge is 0.485 e. The molecule has 0 unspecified atom stereocenters. The zero-order chi connectivity index (χ0) is 31.6. The van der Waals surface area contributed by atoms with Gasteiger partial charge in [0, 0.05) is 23.7 Å². The normalized spacial score (nSPS) is 14.0. The molecule has 230 valence electrons. The zero-order valence-electron chi connectivity index (χ0n) is 23.1. The van der Waals surface area contributed by atoms with Crippen molar-refractivity contribution in [3.8, 4) is 22.8 Å². The molecule has 3 heterocycles. The molecule has 1 N–H and O–H groups in total. The number of halogens is 5. The number of ether oxygens (including phenoxy) is 2. The Kier molecular flexibility index (Phi) is 8.77. The first-order valence-electron chi connectivity index (χ1n) is 13.4. The molecule has 0 bridgehead atoms. The fourth-order valence-electron chi connectivity index (χ4n) is 5.11. The lowest BCUT2D eigenvalue weighted by atomic mass is 9.89. The van der Waals surface area contributed by atoms with Gasteiger partial charge in [0.15, 0.2) is 23.1 Å². The first-order chi connectivity index (χ1) is 21.0. The third-order valence-electron chi connectivity index (χ3n) is 7.27. The van der Waals surface area contributed by atoms with Gasteiger partial charge in [-0.2, -0.15) is 18.3 Å². The Morgan fingerprint density at radius 2 is 1.80 bits per heavy atom. The minimum absolute atomic E-state index is 0.00267. The Balaban J connectivity index is 1.37. The molecule has 1 aliphatic rings. The van der Waals surface area contributed by atoms with Crippen LogP contribution in [0.2, 0.25) is 5.02 Å². The summed E-state index contributed by atoms with van der Waals surface area (Å²) in [5.74, 6) is -2.91. The smallest absolute Gasteiger partial charge is 0.434 e. The van der Waals surface area contributed by atoms with Crippen LogP contribution in [0, 0.1) is 5.82 Å². The van der Waals surface area contributed by atoms with Crippen LogP contribution in [0.15, 0.2) is 60.8 Å². The molecule has 1 saturated heterocycles. The number of carbonyl (C=O) groups excluding carboxylic acids is 1. The van der Waals surface area contributed by atoms with E-state index in [-0.39, 0.29) is 46.5 Å². The molecule has 0 radical (unpaired) electrons. The molecule has 2 aromatic heterocycles. The molecule has 0 aliphatic carbocycles. The third kappa shape index (κ3) is 6.47. The van der Waals surface area contributed by atoms with E-state index in [0.717, 1.165) is 30.0 Å². The van der Waals surface area contributed by atoms with Crippen molar-refractivity contribution in [2.24, 2.45) is 0 Å². The van der Waals surface area contributed by atoms with Gasteiger partial charge in [-0.25, -0.2) is 23.6 Å². The number of hydrogen-bond acceptors (Lipinski definition) is 6. The topological polar surface area (TPSA) is 107 Å². The summed E-state index contributed by atoms with van der Waals surface area (Å²) in [6.45, 7) is 1.15. The van der Waals surface area contributed by atoms with Crippen molar-refractivity contribution in [3.63, 3.8) is 0 Å². The maximum absolute atomic E-state index is 15.2. The number of aromatic carboxylic acids is 1. The minimum Gasteiger partial charge on any atom is -0.485 e. The summed E-state index contributed by atoms with van der Waals surface area (Å²) >= 11 is 6.11. The van der Waals surface area contributed by atoms with E-state index in [9.17, 15) is 27.9 Å². The molecule has 0 atom stereocenters. The molecule has 1 aliphatic heterocycles. The van der Waals surface area contributed by atoms with Gasteiger partial charge < -0.3 is 19.5 Å². The first-order valence-corrected chi connectivity index (χ1v) is 13.7. The highest BCUT2D eigenvalue weighted by molar-refractivity contribution is 6.31. The number of hydrogen-bond donors (Lipinski definition) is 1. The van der Waals surface area contributed by atoms with Gasteiger partial charge in [0.1, 0.15) is 12.2 Å². The average molecular weight is 633 g/mol. The summed E-state index contributed by atoms with van der Waals surface area (Å²) in [7, 11) is 1.36. The van der Waals surface area contributed by atoms with E-state index < -0.39 is 29.2 Å². The summed E-state index contributed by atoms with van der Waals surface area (Å²) < 4.78 is 67.5. The van der Waals surface area contributed by atoms with Crippen molar-refractivity contribution in [3.05, 3.63) is 94.0 Å². The number of pyridine rings is 1. The molecule has 0 spiro atoms. The number of carboxylic acids is 1. The Morgan fingerprint density at radius 3 is 2.43 bits per heavy atom. The fraction of sp³-hybridized carbons (Fsp3) is 0.267. The van der Waals surface area contributed by atoms with Crippen LogP contribution in [0.1, 0.15) is 45.9 Å². The molecular formula is C30H25ClF4N4O5. The molecule has 5 rings (SSSR count). The van der Waals surface area contributed by atoms with Gasteiger partial charge in [-0.1, -0.05) is 41.9 Å². The first kappa shape index (κ1) is 30.8. The maximum atomic E-state index is 15.2. The van der Waals surface area contributed by atoms with Gasteiger partial charge >= 0.3 is 18.2 Å². The Labute approximate surface area is 253 Å². The van der Waals surface area contributed by atoms with Crippen LogP contribution in [0.4, 0.5) is 22.4 Å². The predicted octanol–water partition coefficient (Wildman–Crippen LogP) is 6.97. The highest BCUT2D eigenvalue weighted by atomic mass is 35.5. The summed E-state index contributed by atoms with van der Waals surface area (Å²) in [6, 6.07) is 14.0. The van der Waals surface area contributed by atoms with E-state index in [1.807, 2.05) is 24.3 Å². The van der Waals surface area contributed by atoms with Crippen LogP contribution < -0.4 is 4.74 Å². The number of alkyl halides is 3. The van der Waals surface area contributed by atoms with Gasteiger partial charge in [-0.15, -0.1) is 0 Å². The van der Waals surface area contributed by atoms with Gasteiger partial charge in [0.25, 0.3) is 0 Å². The predicted molar refractivity (Wildman–Crippen MR) is 150 cm³/mol. The van der Waals surface area contributed by atoms with Crippen molar-refractivity contribution in [2.75, 3.05) is 20.2 Å². The van der Waals surface area contributed by atoms with Crippen LogP contribution in [-0.4, -0.2) is 57.0 Å². The second kappa shape index (κ2) is 12.5. The van der Waals surface area contributed by atoms with Crippen LogP contribution in [0.5, 0.6) is 5.75 Å². The van der Waals surface area contributed by atoms with Crippen LogP contribution in [-0.2, 0) is 17.5 Å². The molecule has 9 nitrogen and oxygen atoms in total. The van der Waals surface area contributed by atoms with Crippen molar-refractivity contribution in [1.29, 1.82) is 0 Å². The number of nitrogens with zero attached hydrogens (tertiary/aromatic N) is 4. The molecular weight excluding hydrogens is 608 g/mol. The van der Waals surface area contributed by atoms with Crippen LogP contribution >= 0.6 is 11.6 Å². The molecule has 44 heavy (non-hydrogen) atoms. The minimum atomic E-state index is -5.05. The molecule has 14 heteroatoms. The summed E-state index contributed by atoms with van der Waals surface area (Å²) in [5, 5.41) is 12.8. The standard InChI is InChI=1S/C30H25ClF4N4O5/c1-43-29(42)38-11-9-19(10-12-38)18-7-5-17(6-8-18)16-44-26-21(13-20(31)14-23(26)32)24-3-2-4-25(37-24)39-27(30(33,34)35)22(15-36-39)28(40)41/h2-8,13-15,19H,9-12,16H2,1H3,(H,40,41). The number of methoxy groups -OCH3 is 1. The number of benzene rings is 2. The van der Waals surface area contributed by atoms with E-state index in [0.29, 0.717) is 24.0 Å². The zero-order valence-corrected chi connectivity index (χ0v) is 23.9. The molecule has 1 amide bonds. The summed E-state index contributed by atoms with van der Waals surface area (Å²) in [5.41, 5.74) is -0.630. The maximum Gasteiger partial charge on any atom is 0.434 e. The SMILES string of the molecule is COC(=O)N1CCC(c2ccc(COc3c(F)cc(Cl)cc3-c3cccc(-n4ncc(C(=O)O)c4C(F)(F)F)n3)cc2)CC1. The van der Waals surface area contributed by atoms with Crippen LogP contribution in [0.25, 0.3) is 17.1 Å². The van der Waals surface area contributed by atoms with Crippen molar-refractivity contribution >= 4 is 23.7 Å². The number of rotatable bonds is 7. The second-order valence-corrected chi connectivity index (χ2v) is 10.5. The average Bonchev–Trinajstić information content (AvgIpc) is 3.47. The lowest BCUT2D eigenvalue weighted by Crippen LogP contribution is -2.37. The second-order valence-electron chi connectivity index (χ2n) is 10.0. The van der Waals surface area contributed by atoms with Gasteiger partial charge in [-0.05, 0) is 54.2 Å². The van der Waals surface area contributed by atoms with Crippen LogP contribution in [0.3, 0.4) is 0 Å². The number of aromatic nitrogens is 3. The van der Waals surface area contributed by atoms with Gasteiger partial charge in [0.05, 0.1) is 19.0 Å². The lowest BCUT2D eigenvalue weighted by Gasteiger charge is -2.31.